The monoisotopic (exact) mass is 644 g/mol. The van der Waals surface area contributed by atoms with Gasteiger partial charge in [0.15, 0.2) is 18.1 Å². The zero-order chi connectivity index (χ0) is 32.6. The van der Waals surface area contributed by atoms with Crippen LogP contribution < -0.4 is 0 Å². The quantitative estimate of drug-likeness (QED) is 0.185. The molecule has 2 atom stereocenters. The van der Waals surface area contributed by atoms with Gasteiger partial charge in [-0.15, -0.1) is 11.3 Å². The van der Waals surface area contributed by atoms with Gasteiger partial charge in [0, 0.05) is 9.75 Å². The van der Waals surface area contributed by atoms with Crippen molar-refractivity contribution in [1.29, 1.82) is 0 Å². The third-order valence-corrected chi connectivity index (χ3v) is 11.3. The molecular formula is C37H64O3SSi2. The first-order valence-corrected chi connectivity index (χ1v) is 23.3. The van der Waals surface area contributed by atoms with Gasteiger partial charge in [-0.1, -0.05) is 86.6 Å². The Balaban J connectivity index is 2.38. The van der Waals surface area contributed by atoms with Crippen molar-refractivity contribution in [1.82, 2.24) is 0 Å². The van der Waals surface area contributed by atoms with Crippen molar-refractivity contribution < 1.29 is 14.0 Å². The van der Waals surface area contributed by atoms with E-state index >= 15 is 0 Å². The molecule has 2 unspecified atom stereocenters. The molecule has 1 aromatic carbocycles. The Hall–Kier alpha value is -1.03. The van der Waals surface area contributed by atoms with Crippen LogP contribution in [0.4, 0.5) is 0 Å². The fraction of sp³-hybridized carbons (Fsp3) is 0.676. The molecule has 2 aromatic rings. The molecule has 0 bridgehead atoms. The summed E-state index contributed by atoms with van der Waals surface area (Å²) in [5.74, 6) is 0. The Morgan fingerprint density at radius 1 is 0.814 bits per heavy atom. The second-order valence-corrected chi connectivity index (χ2v) is 21.1. The molecule has 2 rings (SSSR count). The van der Waals surface area contributed by atoms with Gasteiger partial charge in [0.25, 0.3) is 0 Å². The zero-order valence-corrected chi connectivity index (χ0v) is 33.0. The Kier molecular flexibility index (Phi) is 14.7. The standard InChI is InChI=1S/C37H64O3SSi2/c1-14-28(18-17-25-37(38,15-2)16-3)32-24-22-29(41-32)21-19-27-20-23-30(33(35(4,5)6)39-42(10)11)31(26-27)34(36(7,8)9)40-43(12)13/h18,20,22-24,26,33-34,38,42-43H,14-17,19,21,25H2,1-13H3/b28-18+. The van der Waals surface area contributed by atoms with Gasteiger partial charge < -0.3 is 14.0 Å². The molecular weight excluding hydrogens is 581 g/mol. The van der Waals surface area contributed by atoms with Gasteiger partial charge in [0.05, 0.1) is 17.8 Å². The predicted octanol–water partition coefficient (Wildman–Crippen LogP) is 10.8. The summed E-state index contributed by atoms with van der Waals surface area (Å²) in [5, 5.41) is 10.7. The molecule has 6 heteroatoms. The van der Waals surface area contributed by atoms with Crippen LogP contribution in [0.15, 0.2) is 36.4 Å². The van der Waals surface area contributed by atoms with Crippen molar-refractivity contribution >= 4 is 35.0 Å². The molecule has 0 saturated carbocycles. The van der Waals surface area contributed by atoms with Gasteiger partial charge in [0.2, 0.25) is 0 Å². The minimum atomic E-state index is -1.28. The highest BCUT2D eigenvalue weighted by molar-refractivity contribution is 7.13. The van der Waals surface area contributed by atoms with Gasteiger partial charge in [-0.25, -0.2) is 0 Å². The maximum atomic E-state index is 10.7. The number of hydrogen-bond donors (Lipinski definition) is 1. The molecule has 1 aromatic heterocycles. The summed E-state index contributed by atoms with van der Waals surface area (Å²) in [6.45, 7) is 29.4. The van der Waals surface area contributed by atoms with Crippen molar-refractivity contribution in [3.05, 3.63) is 62.9 Å². The van der Waals surface area contributed by atoms with E-state index in [-0.39, 0.29) is 23.0 Å². The highest BCUT2D eigenvalue weighted by atomic mass is 32.1. The first kappa shape index (κ1) is 38.2. The van der Waals surface area contributed by atoms with E-state index in [2.05, 4.69) is 125 Å². The van der Waals surface area contributed by atoms with Crippen molar-refractivity contribution in [3.63, 3.8) is 0 Å². The van der Waals surface area contributed by atoms with Crippen LogP contribution in [-0.4, -0.2) is 28.8 Å². The van der Waals surface area contributed by atoms with E-state index in [0.29, 0.717) is 0 Å². The van der Waals surface area contributed by atoms with Gasteiger partial charge in [-0.2, -0.15) is 0 Å². The highest BCUT2D eigenvalue weighted by Crippen LogP contribution is 2.45. The second-order valence-electron chi connectivity index (χ2n) is 15.1. The van der Waals surface area contributed by atoms with Crippen LogP contribution in [-0.2, 0) is 21.7 Å². The normalized spacial score (nSPS) is 15.0. The van der Waals surface area contributed by atoms with Crippen molar-refractivity contribution in [2.45, 2.75) is 151 Å². The fourth-order valence-corrected chi connectivity index (χ4v) is 9.08. The van der Waals surface area contributed by atoms with Crippen LogP contribution in [0.25, 0.3) is 5.57 Å². The summed E-state index contributed by atoms with van der Waals surface area (Å²) in [7, 11) is -2.55. The average molecular weight is 645 g/mol. The first-order valence-electron chi connectivity index (χ1n) is 16.9. The lowest BCUT2D eigenvalue weighted by Crippen LogP contribution is -2.31. The van der Waals surface area contributed by atoms with Crippen molar-refractivity contribution in [2.75, 3.05) is 0 Å². The Morgan fingerprint density at radius 2 is 1.37 bits per heavy atom. The van der Waals surface area contributed by atoms with Crippen molar-refractivity contribution in [3.8, 4) is 0 Å². The smallest absolute Gasteiger partial charge is 0.171 e. The van der Waals surface area contributed by atoms with E-state index in [1.807, 2.05) is 11.3 Å². The van der Waals surface area contributed by atoms with E-state index in [4.69, 9.17) is 8.85 Å². The summed E-state index contributed by atoms with van der Waals surface area (Å²) >= 11 is 1.93. The Labute approximate surface area is 273 Å². The lowest BCUT2D eigenvalue weighted by atomic mass is 9.77. The number of rotatable bonds is 16. The summed E-state index contributed by atoms with van der Waals surface area (Å²) in [5.41, 5.74) is 4.85. The number of aliphatic hydroxyl groups is 1. The van der Waals surface area contributed by atoms with E-state index in [9.17, 15) is 5.11 Å². The molecule has 0 radical (unpaired) electrons. The molecule has 0 spiro atoms. The fourth-order valence-electron chi connectivity index (χ4n) is 5.77. The van der Waals surface area contributed by atoms with E-state index in [1.165, 1.54) is 32.0 Å². The van der Waals surface area contributed by atoms with Crippen LogP contribution in [0.2, 0.25) is 26.2 Å². The number of aryl methyl sites for hydroxylation is 2. The van der Waals surface area contributed by atoms with Gasteiger partial charge >= 0.3 is 0 Å². The predicted molar refractivity (Wildman–Crippen MR) is 196 cm³/mol. The summed E-state index contributed by atoms with van der Waals surface area (Å²) in [6.07, 6.45) is 8.90. The largest absolute Gasteiger partial charge is 0.413 e. The van der Waals surface area contributed by atoms with Gasteiger partial charge in [0.1, 0.15) is 0 Å². The topological polar surface area (TPSA) is 38.7 Å². The first-order chi connectivity index (χ1) is 19.9. The molecule has 43 heavy (non-hydrogen) atoms. The molecule has 0 fully saturated rings. The third-order valence-electron chi connectivity index (χ3n) is 8.44. The van der Waals surface area contributed by atoms with Gasteiger partial charge in [-0.05, 0) is 116 Å². The zero-order valence-electron chi connectivity index (χ0n) is 29.9. The summed E-state index contributed by atoms with van der Waals surface area (Å²) < 4.78 is 13.6. The number of thiophene rings is 1. The number of hydrogen-bond acceptors (Lipinski definition) is 4. The van der Waals surface area contributed by atoms with Crippen molar-refractivity contribution in [2.24, 2.45) is 10.8 Å². The molecule has 1 N–H and O–H groups in total. The molecule has 3 nitrogen and oxygen atoms in total. The molecule has 244 valence electrons. The maximum absolute atomic E-state index is 10.7. The maximum Gasteiger partial charge on any atom is 0.171 e. The number of allylic oxidation sites excluding steroid dienone is 2. The van der Waals surface area contributed by atoms with Crippen LogP contribution in [0, 0.1) is 10.8 Å². The Bertz CT molecular complexity index is 1150. The lowest BCUT2D eigenvalue weighted by Gasteiger charge is -2.39. The van der Waals surface area contributed by atoms with Crippen LogP contribution >= 0.6 is 11.3 Å². The van der Waals surface area contributed by atoms with Crippen LogP contribution in [0.1, 0.15) is 133 Å². The summed E-state index contributed by atoms with van der Waals surface area (Å²) in [6, 6.07) is 11.8. The van der Waals surface area contributed by atoms with Gasteiger partial charge in [-0.3, -0.25) is 0 Å². The molecule has 0 amide bonds. The van der Waals surface area contributed by atoms with Crippen LogP contribution in [0.5, 0.6) is 0 Å². The highest BCUT2D eigenvalue weighted by Gasteiger charge is 2.36. The molecule has 0 saturated heterocycles. The molecule has 0 aliphatic heterocycles. The van der Waals surface area contributed by atoms with E-state index in [0.717, 1.165) is 44.9 Å². The van der Waals surface area contributed by atoms with Crippen LogP contribution in [0.3, 0.4) is 0 Å². The minimum absolute atomic E-state index is 0.00511. The number of benzene rings is 1. The Morgan fingerprint density at radius 3 is 1.86 bits per heavy atom. The van der Waals surface area contributed by atoms with E-state index in [1.54, 1.807) is 0 Å². The molecule has 0 aliphatic carbocycles. The SMILES string of the molecule is CC/C(=C\CCC(O)(CC)CC)c1ccc(CCc2ccc(C(O[SiH](C)C)C(C)(C)C)c(C(O[SiH](C)C)C(C)(C)C)c2)s1. The second kappa shape index (κ2) is 16.5. The lowest BCUT2D eigenvalue weighted by molar-refractivity contribution is 0.0246. The summed E-state index contributed by atoms with van der Waals surface area (Å²) in [4.78, 5) is 2.80. The molecule has 1 heterocycles. The minimum Gasteiger partial charge on any atom is -0.413 e. The average Bonchev–Trinajstić information content (AvgIpc) is 3.39. The third kappa shape index (κ3) is 11.7. The van der Waals surface area contributed by atoms with E-state index < -0.39 is 23.7 Å². The molecule has 0 aliphatic rings.